The molecule has 0 aliphatic heterocycles. The van der Waals surface area contributed by atoms with E-state index in [0.717, 1.165) is 16.8 Å². The Balaban J connectivity index is 2.37. The van der Waals surface area contributed by atoms with E-state index in [9.17, 15) is 5.11 Å². The summed E-state index contributed by atoms with van der Waals surface area (Å²) in [6.07, 6.45) is 0.812. The summed E-state index contributed by atoms with van der Waals surface area (Å²) in [5, 5.41) is 9.60. The molecule has 0 fully saturated rings. The van der Waals surface area contributed by atoms with Crippen molar-refractivity contribution in [1.82, 2.24) is 9.97 Å². The van der Waals surface area contributed by atoms with E-state index in [1.807, 2.05) is 37.3 Å². The number of benzene rings is 1. The van der Waals surface area contributed by atoms with Gasteiger partial charge in [0, 0.05) is 24.6 Å². The van der Waals surface area contributed by atoms with Crippen molar-refractivity contribution in [3.8, 4) is 0 Å². The Kier molecular flexibility index (Phi) is 4.24. The molecule has 1 N–H and O–H groups in total. The Morgan fingerprint density at radius 1 is 1.21 bits per heavy atom. The van der Waals surface area contributed by atoms with Crippen LogP contribution in [0.25, 0.3) is 0 Å². The molecule has 0 radical (unpaired) electrons. The molecule has 19 heavy (non-hydrogen) atoms. The van der Waals surface area contributed by atoms with Crippen molar-refractivity contribution in [3.05, 3.63) is 59.2 Å². The second-order valence-corrected chi connectivity index (χ2v) is 4.47. The minimum absolute atomic E-state index is 0.289. The highest BCUT2D eigenvalue weighted by Gasteiger charge is 2.18. The van der Waals surface area contributed by atoms with Crippen LogP contribution in [0.2, 0.25) is 0 Å². The standard InChI is InChI=1S/C15H18N2O2/c1-10-13(11(2)18)9-16-15(17-10)14(19-3)12-7-5-4-6-8-12/h4-9,11,14,18H,1-3H3/t11-,14?/m0/s1. The van der Waals surface area contributed by atoms with Gasteiger partial charge in [0.25, 0.3) is 0 Å². The molecule has 2 aromatic rings. The summed E-state index contributed by atoms with van der Waals surface area (Å²) in [6.45, 7) is 3.57. The quantitative estimate of drug-likeness (QED) is 0.915. The number of aliphatic hydroxyl groups excluding tert-OH is 1. The summed E-state index contributed by atoms with van der Waals surface area (Å²) in [5.74, 6) is 0.607. The lowest BCUT2D eigenvalue weighted by atomic mass is 10.1. The third-order valence-electron chi connectivity index (χ3n) is 3.06. The lowest BCUT2D eigenvalue weighted by Gasteiger charge is -2.16. The SMILES string of the molecule is COC(c1ccccc1)c1ncc([C@H](C)O)c(C)n1. The fraction of sp³-hybridized carbons (Fsp3) is 0.333. The second-order valence-electron chi connectivity index (χ2n) is 4.47. The Labute approximate surface area is 113 Å². The van der Waals surface area contributed by atoms with Crippen LogP contribution in [0, 0.1) is 6.92 Å². The summed E-state index contributed by atoms with van der Waals surface area (Å²) in [5.41, 5.74) is 2.53. The van der Waals surface area contributed by atoms with Crippen LogP contribution < -0.4 is 0 Å². The molecule has 0 saturated carbocycles. The molecule has 4 nitrogen and oxygen atoms in total. The molecule has 1 unspecified atom stereocenters. The van der Waals surface area contributed by atoms with E-state index in [1.165, 1.54) is 0 Å². The van der Waals surface area contributed by atoms with E-state index in [2.05, 4.69) is 9.97 Å². The number of hydrogen-bond acceptors (Lipinski definition) is 4. The van der Waals surface area contributed by atoms with E-state index >= 15 is 0 Å². The van der Waals surface area contributed by atoms with Crippen LogP contribution in [0.15, 0.2) is 36.5 Å². The number of hydrogen-bond donors (Lipinski definition) is 1. The monoisotopic (exact) mass is 258 g/mol. The van der Waals surface area contributed by atoms with Crippen molar-refractivity contribution >= 4 is 0 Å². The van der Waals surface area contributed by atoms with Crippen LogP contribution in [0.3, 0.4) is 0 Å². The zero-order valence-electron chi connectivity index (χ0n) is 11.4. The zero-order valence-corrected chi connectivity index (χ0v) is 11.4. The maximum Gasteiger partial charge on any atom is 0.162 e. The molecule has 0 aliphatic rings. The molecule has 1 heterocycles. The van der Waals surface area contributed by atoms with Gasteiger partial charge in [-0.05, 0) is 19.4 Å². The molecule has 0 amide bonds. The predicted octanol–water partition coefficient (Wildman–Crippen LogP) is 2.57. The minimum atomic E-state index is -0.563. The molecule has 1 aromatic heterocycles. The zero-order chi connectivity index (χ0) is 13.8. The van der Waals surface area contributed by atoms with E-state index in [4.69, 9.17) is 4.74 Å². The first-order valence-corrected chi connectivity index (χ1v) is 6.22. The van der Waals surface area contributed by atoms with Gasteiger partial charge in [0.15, 0.2) is 5.82 Å². The van der Waals surface area contributed by atoms with Crippen LogP contribution >= 0.6 is 0 Å². The Morgan fingerprint density at radius 3 is 2.42 bits per heavy atom. The van der Waals surface area contributed by atoms with Gasteiger partial charge in [-0.15, -0.1) is 0 Å². The van der Waals surface area contributed by atoms with E-state index in [0.29, 0.717) is 5.82 Å². The Bertz CT molecular complexity index is 541. The minimum Gasteiger partial charge on any atom is -0.389 e. The first-order valence-electron chi connectivity index (χ1n) is 6.22. The summed E-state index contributed by atoms with van der Waals surface area (Å²) in [4.78, 5) is 8.76. The number of aryl methyl sites for hydroxylation is 1. The molecule has 0 aliphatic carbocycles. The molecule has 2 rings (SSSR count). The summed E-state index contributed by atoms with van der Waals surface area (Å²) < 4.78 is 5.49. The molecule has 0 bridgehead atoms. The fourth-order valence-corrected chi connectivity index (χ4v) is 2.05. The first-order chi connectivity index (χ1) is 9.13. The van der Waals surface area contributed by atoms with Crippen molar-refractivity contribution < 1.29 is 9.84 Å². The molecule has 100 valence electrons. The first kappa shape index (κ1) is 13.6. The van der Waals surface area contributed by atoms with Gasteiger partial charge in [-0.2, -0.15) is 0 Å². The normalized spacial score (nSPS) is 14.1. The maximum atomic E-state index is 9.60. The van der Waals surface area contributed by atoms with Crippen LogP contribution in [0.1, 0.15) is 41.8 Å². The number of ether oxygens (including phenoxy) is 1. The number of aromatic nitrogens is 2. The molecule has 2 atom stereocenters. The smallest absolute Gasteiger partial charge is 0.162 e. The van der Waals surface area contributed by atoms with Crippen molar-refractivity contribution in [2.24, 2.45) is 0 Å². The van der Waals surface area contributed by atoms with Gasteiger partial charge in [0.1, 0.15) is 6.10 Å². The third kappa shape index (κ3) is 2.97. The molecule has 0 spiro atoms. The second kappa shape index (κ2) is 5.91. The highest BCUT2D eigenvalue weighted by Crippen LogP contribution is 2.24. The number of rotatable bonds is 4. The highest BCUT2D eigenvalue weighted by molar-refractivity contribution is 5.25. The number of methoxy groups -OCH3 is 1. The summed E-state index contributed by atoms with van der Waals surface area (Å²) in [7, 11) is 1.64. The molecular formula is C15H18N2O2. The average molecular weight is 258 g/mol. The van der Waals surface area contributed by atoms with Gasteiger partial charge in [-0.1, -0.05) is 30.3 Å². The van der Waals surface area contributed by atoms with Crippen molar-refractivity contribution in [2.75, 3.05) is 7.11 Å². The van der Waals surface area contributed by atoms with Crippen LogP contribution in [0.5, 0.6) is 0 Å². The van der Waals surface area contributed by atoms with E-state index in [-0.39, 0.29) is 6.10 Å². The van der Waals surface area contributed by atoms with Crippen LogP contribution in [-0.4, -0.2) is 22.2 Å². The third-order valence-corrected chi connectivity index (χ3v) is 3.06. The van der Waals surface area contributed by atoms with Gasteiger partial charge < -0.3 is 9.84 Å². The number of nitrogens with zero attached hydrogens (tertiary/aromatic N) is 2. The molecule has 4 heteroatoms. The van der Waals surface area contributed by atoms with Gasteiger partial charge in [0.2, 0.25) is 0 Å². The van der Waals surface area contributed by atoms with Gasteiger partial charge in [-0.25, -0.2) is 9.97 Å². The molecule has 0 saturated heterocycles. The molecular weight excluding hydrogens is 240 g/mol. The topological polar surface area (TPSA) is 55.2 Å². The van der Waals surface area contributed by atoms with Crippen molar-refractivity contribution in [3.63, 3.8) is 0 Å². The van der Waals surface area contributed by atoms with Crippen LogP contribution in [0.4, 0.5) is 0 Å². The summed E-state index contributed by atoms with van der Waals surface area (Å²) >= 11 is 0. The fourth-order valence-electron chi connectivity index (χ4n) is 2.05. The lowest BCUT2D eigenvalue weighted by molar-refractivity contribution is 0.128. The Hall–Kier alpha value is -1.78. The van der Waals surface area contributed by atoms with Gasteiger partial charge in [0.05, 0.1) is 6.10 Å². The van der Waals surface area contributed by atoms with Crippen molar-refractivity contribution in [1.29, 1.82) is 0 Å². The number of aliphatic hydroxyl groups is 1. The largest absolute Gasteiger partial charge is 0.389 e. The average Bonchev–Trinajstić information content (AvgIpc) is 2.40. The Morgan fingerprint density at radius 2 is 1.89 bits per heavy atom. The van der Waals surface area contributed by atoms with Gasteiger partial charge >= 0.3 is 0 Å². The van der Waals surface area contributed by atoms with Crippen molar-refractivity contribution in [2.45, 2.75) is 26.1 Å². The maximum absolute atomic E-state index is 9.60. The summed E-state index contributed by atoms with van der Waals surface area (Å²) in [6, 6.07) is 9.83. The molecule has 1 aromatic carbocycles. The van der Waals surface area contributed by atoms with Crippen LogP contribution in [-0.2, 0) is 4.74 Å². The van der Waals surface area contributed by atoms with Gasteiger partial charge in [-0.3, -0.25) is 0 Å². The lowest BCUT2D eigenvalue weighted by Crippen LogP contribution is -2.11. The highest BCUT2D eigenvalue weighted by atomic mass is 16.5. The van der Waals surface area contributed by atoms with E-state index in [1.54, 1.807) is 20.2 Å². The predicted molar refractivity (Wildman–Crippen MR) is 72.7 cm³/mol. The van der Waals surface area contributed by atoms with E-state index < -0.39 is 6.10 Å².